The summed E-state index contributed by atoms with van der Waals surface area (Å²) < 4.78 is 0. The molecule has 102 valence electrons. The monoisotopic (exact) mass is 339 g/mol. The van der Waals surface area contributed by atoms with Crippen LogP contribution in [0.4, 0.5) is 0 Å². The Morgan fingerprint density at radius 3 is 1.60 bits per heavy atom. The Balaban J connectivity index is 0.00000147. The second-order valence-electron chi connectivity index (χ2n) is 5.49. The minimum atomic E-state index is 0. The van der Waals surface area contributed by atoms with Crippen molar-refractivity contribution in [3.8, 4) is 0 Å². The Bertz CT molecular complexity index is 646. The first kappa shape index (κ1) is 15.6. The van der Waals surface area contributed by atoms with Crippen molar-refractivity contribution in [3.63, 3.8) is 0 Å². The van der Waals surface area contributed by atoms with Gasteiger partial charge in [0.2, 0.25) is 0 Å². The van der Waals surface area contributed by atoms with Gasteiger partial charge in [0, 0.05) is 26.2 Å². The third-order valence-corrected chi connectivity index (χ3v) is 3.91. The van der Waals surface area contributed by atoms with Crippen molar-refractivity contribution >= 4 is 21.5 Å². The standard InChI is InChI=1S/C19H21.Zr/c1-3-5-14-7-9-18-16(11-14)13-17-12-15(6-4-2)8-10-19(17)18;/h7-13H,3-6H2,1-2H3;/q-1;. The molecule has 0 aliphatic rings. The van der Waals surface area contributed by atoms with Crippen LogP contribution < -0.4 is 0 Å². The van der Waals surface area contributed by atoms with Gasteiger partial charge < -0.3 is 0 Å². The van der Waals surface area contributed by atoms with Crippen molar-refractivity contribution < 1.29 is 26.2 Å². The quantitative estimate of drug-likeness (QED) is 0.541. The number of rotatable bonds is 4. The maximum atomic E-state index is 2.36. The molecule has 0 aliphatic heterocycles. The predicted octanol–water partition coefficient (Wildman–Crippen LogP) is 5.61. The summed E-state index contributed by atoms with van der Waals surface area (Å²) in [5.74, 6) is 0. The van der Waals surface area contributed by atoms with Crippen molar-refractivity contribution in [1.82, 2.24) is 0 Å². The summed E-state index contributed by atoms with van der Waals surface area (Å²) in [6.45, 7) is 4.48. The molecule has 0 radical (unpaired) electrons. The van der Waals surface area contributed by atoms with E-state index in [1.807, 2.05) is 0 Å². The SMILES string of the molecule is CCCc1ccc2c(c1)[cH-]c1cc(CCC)ccc12.[Zr]. The van der Waals surface area contributed by atoms with Gasteiger partial charge in [-0.05, 0) is 12.8 Å². The van der Waals surface area contributed by atoms with Crippen LogP contribution in [0, 0.1) is 0 Å². The molecule has 0 saturated heterocycles. The molecule has 20 heavy (non-hydrogen) atoms. The topological polar surface area (TPSA) is 0 Å². The van der Waals surface area contributed by atoms with Gasteiger partial charge in [0.1, 0.15) is 0 Å². The Labute approximate surface area is 140 Å². The number of hydrogen-bond donors (Lipinski definition) is 0. The summed E-state index contributed by atoms with van der Waals surface area (Å²) in [6, 6.07) is 16.2. The molecule has 0 nitrogen and oxygen atoms in total. The molecule has 0 bridgehead atoms. The molecule has 0 N–H and O–H groups in total. The van der Waals surface area contributed by atoms with Gasteiger partial charge in [0.15, 0.2) is 0 Å². The average molecular weight is 341 g/mol. The number of benzene rings is 2. The van der Waals surface area contributed by atoms with Gasteiger partial charge in [0.05, 0.1) is 0 Å². The molecule has 0 aromatic heterocycles. The van der Waals surface area contributed by atoms with E-state index in [4.69, 9.17) is 0 Å². The van der Waals surface area contributed by atoms with Gasteiger partial charge in [-0.1, -0.05) is 62.1 Å². The fourth-order valence-electron chi connectivity index (χ4n) is 3.01. The van der Waals surface area contributed by atoms with Gasteiger partial charge in [0.25, 0.3) is 0 Å². The maximum absolute atomic E-state index is 2.36. The predicted molar refractivity (Wildman–Crippen MR) is 85.0 cm³/mol. The molecule has 3 rings (SSSR count). The van der Waals surface area contributed by atoms with Crippen molar-refractivity contribution in [2.45, 2.75) is 39.5 Å². The zero-order valence-electron chi connectivity index (χ0n) is 12.4. The second kappa shape index (κ2) is 6.77. The summed E-state index contributed by atoms with van der Waals surface area (Å²) in [5, 5.41) is 5.60. The van der Waals surface area contributed by atoms with Crippen LogP contribution in [0.3, 0.4) is 0 Å². The van der Waals surface area contributed by atoms with Crippen LogP contribution in [-0.2, 0) is 39.0 Å². The Hall–Kier alpha value is -0.807. The first-order valence-corrected chi connectivity index (χ1v) is 7.42. The van der Waals surface area contributed by atoms with Gasteiger partial charge in [-0.15, -0.1) is 39.7 Å². The van der Waals surface area contributed by atoms with E-state index in [9.17, 15) is 0 Å². The van der Waals surface area contributed by atoms with E-state index >= 15 is 0 Å². The van der Waals surface area contributed by atoms with Gasteiger partial charge >= 0.3 is 0 Å². The molecule has 3 aromatic carbocycles. The van der Waals surface area contributed by atoms with E-state index in [-0.39, 0.29) is 26.2 Å². The van der Waals surface area contributed by atoms with Crippen molar-refractivity contribution in [2.24, 2.45) is 0 Å². The molecule has 3 aromatic rings. The normalized spacial score (nSPS) is 10.9. The van der Waals surface area contributed by atoms with Crippen molar-refractivity contribution in [2.75, 3.05) is 0 Å². The van der Waals surface area contributed by atoms with Crippen LogP contribution >= 0.6 is 0 Å². The Morgan fingerprint density at radius 1 is 0.750 bits per heavy atom. The summed E-state index contributed by atoms with van der Waals surface area (Å²) in [7, 11) is 0. The summed E-state index contributed by atoms with van der Waals surface area (Å²) in [5.41, 5.74) is 2.91. The molecule has 0 atom stereocenters. The molecule has 0 aliphatic carbocycles. The number of aryl methyl sites for hydroxylation is 2. The van der Waals surface area contributed by atoms with E-state index in [0.29, 0.717) is 0 Å². The minimum Gasteiger partial charge on any atom is -0.126 e. The fraction of sp³-hybridized carbons (Fsp3) is 0.316. The van der Waals surface area contributed by atoms with Gasteiger partial charge in [-0.3, -0.25) is 0 Å². The van der Waals surface area contributed by atoms with Gasteiger partial charge in [-0.25, -0.2) is 0 Å². The van der Waals surface area contributed by atoms with Crippen LogP contribution in [0.5, 0.6) is 0 Å². The zero-order valence-corrected chi connectivity index (χ0v) is 14.8. The zero-order chi connectivity index (χ0) is 13.2. The van der Waals surface area contributed by atoms with Crippen LogP contribution in [0.15, 0.2) is 42.5 Å². The third kappa shape index (κ3) is 2.93. The first-order valence-electron chi connectivity index (χ1n) is 7.42. The van der Waals surface area contributed by atoms with Gasteiger partial charge in [-0.2, -0.15) is 0 Å². The minimum absolute atomic E-state index is 0. The van der Waals surface area contributed by atoms with Crippen LogP contribution in [-0.4, -0.2) is 0 Å². The number of hydrogen-bond acceptors (Lipinski definition) is 0. The first-order chi connectivity index (χ1) is 9.31. The van der Waals surface area contributed by atoms with Crippen molar-refractivity contribution in [3.05, 3.63) is 53.6 Å². The fourth-order valence-corrected chi connectivity index (χ4v) is 3.01. The van der Waals surface area contributed by atoms with Crippen LogP contribution in [0.2, 0.25) is 0 Å². The summed E-state index contributed by atoms with van der Waals surface area (Å²) >= 11 is 0. The van der Waals surface area contributed by atoms with Crippen LogP contribution in [0.25, 0.3) is 21.5 Å². The third-order valence-electron chi connectivity index (χ3n) is 3.91. The molecular formula is C19H21Zr-. The maximum Gasteiger partial charge on any atom is 0 e. The van der Waals surface area contributed by atoms with E-state index in [2.05, 4.69) is 56.3 Å². The molecule has 0 saturated carbocycles. The second-order valence-corrected chi connectivity index (χ2v) is 5.49. The molecule has 0 spiro atoms. The van der Waals surface area contributed by atoms with Crippen molar-refractivity contribution in [1.29, 1.82) is 0 Å². The molecule has 0 heterocycles. The summed E-state index contributed by atoms with van der Waals surface area (Å²) in [4.78, 5) is 0. The largest absolute Gasteiger partial charge is 0.126 e. The Morgan fingerprint density at radius 2 is 1.20 bits per heavy atom. The van der Waals surface area contributed by atoms with Crippen LogP contribution in [0.1, 0.15) is 37.8 Å². The molecule has 1 heteroatoms. The smallest absolute Gasteiger partial charge is 0 e. The van der Waals surface area contributed by atoms with E-state index in [0.717, 1.165) is 0 Å². The molecule has 0 amide bonds. The Kier molecular flexibility index (Phi) is 5.27. The van der Waals surface area contributed by atoms with E-state index in [1.165, 1.54) is 58.4 Å². The van der Waals surface area contributed by atoms with E-state index < -0.39 is 0 Å². The molecular weight excluding hydrogens is 319 g/mol. The molecule has 0 fully saturated rings. The van der Waals surface area contributed by atoms with E-state index in [1.54, 1.807) is 0 Å². The summed E-state index contributed by atoms with van der Waals surface area (Å²) in [6.07, 6.45) is 4.79. The molecule has 0 unspecified atom stereocenters. The number of fused-ring (bicyclic) bond motifs is 3. The average Bonchev–Trinajstić information content (AvgIpc) is 2.76.